The molecule has 1 aromatic rings. The maximum atomic E-state index is 13.7. The number of rotatable bonds is 7. The third-order valence-corrected chi connectivity index (χ3v) is 5.80. The van der Waals surface area contributed by atoms with E-state index in [1.807, 2.05) is 18.7 Å². The van der Waals surface area contributed by atoms with E-state index in [4.69, 9.17) is 9.73 Å². The zero-order valence-electron chi connectivity index (χ0n) is 14.9. The number of thioether (sulfide) groups is 1. The van der Waals surface area contributed by atoms with Gasteiger partial charge in [-0.2, -0.15) is 11.8 Å². The molecule has 25 heavy (non-hydrogen) atoms. The molecular formula is C18H27F2N3OS. The van der Waals surface area contributed by atoms with Gasteiger partial charge in [0.05, 0.1) is 6.54 Å². The van der Waals surface area contributed by atoms with E-state index in [2.05, 4.69) is 16.9 Å². The molecule has 7 heteroatoms. The van der Waals surface area contributed by atoms with E-state index in [1.165, 1.54) is 6.07 Å². The topological polar surface area (TPSA) is 45.7 Å². The summed E-state index contributed by atoms with van der Waals surface area (Å²) in [7, 11) is 0. The molecule has 0 aromatic heterocycles. The van der Waals surface area contributed by atoms with E-state index in [-0.39, 0.29) is 10.6 Å². The van der Waals surface area contributed by atoms with E-state index >= 15 is 0 Å². The molecule has 0 amide bonds. The quantitative estimate of drug-likeness (QED) is 0.571. The highest BCUT2D eigenvalue weighted by Crippen LogP contribution is 2.33. The highest BCUT2D eigenvalue weighted by atomic mass is 32.2. The van der Waals surface area contributed by atoms with Crippen molar-refractivity contribution in [3.63, 3.8) is 0 Å². The molecule has 2 N–H and O–H groups in total. The van der Waals surface area contributed by atoms with Gasteiger partial charge < -0.3 is 15.4 Å². The Morgan fingerprint density at radius 1 is 1.28 bits per heavy atom. The first-order valence-electron chi connectivity index (χ1n) is 8.67. The molecule has 140 valence electrons. The van der Waals surface area contributed by atoms with Gasteiger partial charge in [0, 0.05) is 31.1 Å². The van der Waals surface area contributed by atoms with Crippen LogP contribution < -0.4 is 10.6 Å². The van der Waals surface area contributed by atoms with Crippen LogP contribution in [0.1, 0.15) is 25.3 Å². The summed E-state index contributed by atoms with van der Waals surface area (Å²) in [4.78, 5) is 4.70. The van der Waals surface area contributed by atoms with Crippen LogP contribution in [0.5, 0.6) is 0 Å². The van der Waals surface area contributed by atoms with Gasteiger partial charge in [0.15, 0.2) is 5.96 Å². The predicted molar refractivity (Wildman–Crippen MR) is 100 cm³/mol. The van der Waals surface area contributed by atoms with E-state index in [0.29, 0.717) is 31.0 Å². The minimum Gasteiger partial charge on any atom is -0.381 e. The summed E-state index contributed by atoms with van der Waals surface area (Å²) in [6, 6.07) is 3.54. The fourth-order valence-electron chi connectivity index (χ4n) is 2.79. The SMILES string of the molecule is CCNC(=NCC1(SC)CCOCC1)NCCc1cc(F)ccc1F. The second-order valence-corrected chi connectivity index (χ2v) is 7.38. The second-order valence-electron chi connectivity index (χ2n) is 6.11. The molecule has 0 bridgehead atoms. The molecule has 1 fully saturated rings. The van der Waals surface area contributed by atoms with E-state index < -0.39 is 5.82 Å². The first-order chi connectivity index (χ1) is 12.1. The van der Waals surface area contributed by atoms with Crippen LogP contribution in [0.2, 0.25) is 0 Å². The summed E-state index contributed by atoms with van der Waals surface area (Å²) in [6.07, 6.45) is 4.50. The zero-order chi connectivity index (χ0) is 18.1. The molecule has 0 radical (unpaired) electrons. The Hall–Kier alpha value is -1.34. The van der Waals surface area contributed by atoms with Crippen molar-refractivity contribution in [1.29, 1.82) is 0 Å². The number of guanidine groups is 1. The van der Waals surface area contributed by atoms with Crippen molar-refractivity contribution >= 4 is 17.7 Å². The number of nitrogens with zero attached hydrogens (tertiary/aromatic N) is 1. The lowest BCUT2D eigenvalue weighted by Crippen LogP contribution is -2.41. The predicted octanol–water partition coefficient (Wildman–Crippen LogP) is 2.97. The third kappa shape index (κ3) is 6.15. The van der Waals surface area contributed by atoms with Crippen LogP contribution in [0.4, 0.5) is 8.78 Å². The molecule has 1 aliphatic rings. The van der Waals surface area contributed by atoms with Crippen molar-refractivity contribution in [3.05, 3.63) is 35.4 Å². The van der Waals surface area contributed by atoms with Crippen LogP contribution in [0.25, 0.3) is 0 Å². The highest BCUT2D eigenvalue weighted by molar-refractivity contribution is 8.00. The normalized spacial score (nSPS) is 17.4. The summed E-state index contributed by atoms with van der Waals surface area (Å²) in [5, 5.41) is 6.41. The molecule has 0 unspecified atom stereocenters. The number of hydrogen-bond donors (Lipinski definition) is 2. The average Bonchev–Trinajstić information content (AvgIpc) is 2.63. The molecule has 2 rings (SSSR count). The van der Waals surface area contributed by atoms with Crippen LogP contribution in [0, 0.1) is 11.6 Å². The van der Waals surface area contributed by atoms with Crippen LogP contribution in [0.15, 0.2) is 23.2 Å². The molecule has 1 heterocycles. The molecule has 1 aromatic carbocycles. The summed E-state index contributed by atoms with van der Waals surface area (Å²) < 4.78 is 32.5. The lowest BCUT2D eigenvalue weighted by molar-refractivity contribution is 0.0794. The Morgan fingerprint density at radius 3 is 2.72 bits per heavy atom. The lowest BCUT2D eigenvalue weighted by Gasteiger charge is -2.34. The lowest BCUT2D eigenvalue weighted by atomic mass is 9.99. The monoisotopic (exact) mass is 371 g/mol. The van der Waals surface area contributed by atoms with E-state index in [9.17, 15) is 8.78 Å². The van der Waals surface area contributed by atoms with Gasteiger partial charge >= 0.3 is 0 Å². The minimum atomic E-state index is -0.418. The maximum absolute atomic E-state index is 13.7. The highest BCUT2D eigenvalue weighted by Gasteiger charge is 2.31. The number of aliphatic imine (C=N–C) groups is 1. The van der Waals surface area contributed by atoms with E-state index in [0.717, 1.165) is 44.7 Å². The largest absolute Gasteiger partial charge is 0.381 e. The second kappa shape index (κ2) is 9.97. The van der Waals surface area contributed by atoms with E-state index in [1.54, 1.807) is 0 Å². The molecule has 1 aliphatic heterocycles. The summed E-state index contributed by atoms with van der Waals surface area (Å²) in [5.74, 6) is -0.0914. The minimum absolute atomic E-state index is 0.120. The first-order valence-corrected chi connectivity index (χ1v) is 9.90. The van der Waals surface area contributed by atoms with Crippen molar-refractivity contribution in [2.24, 2.45) is 4.99 Å². The summed E-state index contributed by atoms with van der Waals surface area (Å²) in [5.41, 5.74) is 0.369. The number of halogens is 2. The van der Waals surface area contributed by atoms with Crippen LogP contribution in [0.3, 0.4) is 0 Å². The summed E-state index contributed by atoms with van der Waals surface area (Å²) in [6.45, 7) is 5.50. The van der Waals surface area contributed by atoms with Crippen molar-refractivity contribution in [2.75, 3.05) is 39.1 Å². The standard InChI is InChI=1S/C18H27F2N3OS/c1-3-21-17(23-13-18(25-2)7-10-24-11-8-18)22-9-6-14-12-15(19)4-5-16(14)20/h4-5,12H,3,6-11,13H2,1-2H3,(H2,21,22,23). The number of ether oxygens (including phenoxy) is 1. The van der Waals surface area contributed by atoms with Crippen molar-refractivity contribution in [2.45, 2.75) is 30.9 Å². The smallest absolute Gasteiger partial charge is 0.191 e. The Morgan fingerprint density at radius 2 is 2.04 bits per heavy atom. The Labute approximate surface area is 152 Å². The fraction of sp³-hybridized carbons (Fsp3) is 0.611. The summed E-state index contributed by atoms with van der Waals surface area (Å²) >= 11 is 1.84. The molecule has 0 saturated carbocycles. The third-order valence-electron chi connectivity index (χ3n) is 4.40. The van der Waals surface area contributed by atoms with Gasteiger partial charge in [0.25, 0.3) is 0 Å². The molecule has 0 spiro atoms. The number of benzene rings is 1. The first kappa shape index (κ1) is 20.0. The number of nitrogens with one attached hydrogen (secondary N) is 2. The number of hydrogen-bond acceptors (Lipinski definition) is 3. The molecule has 1 saturated heterocycles. The Bertz CT molecular complexity index is 577. The molecule has 4 nitrogen and oxygen atoms in total. The fourth-order valence-corrected chi connectivity index (χ4v) is 3.55. The van der Waals surface area contributed by atoms with Gasteiger partial charge in [-0.15, -0.1) is 0 Å². The van der Waals surface area contributed by atoms with Crippen LogP contribution in [-0.4, -0.2) is 49.8 Å². The van der Waals surface area contributed by atoms with Crippen LogP contribution >= 0.6 is 11.8 Å². The van der Waals surface area contributed by atoms with Crippen molar-refractivity contribution in [3.8, 4) is 0 Å². The van der Waals surface area contributed by atoms with Crippen LogP contribution in [-0.2, 0) is 11.2 Å². The van der Waals surface area contributed by atoms with Gasteiger partial charge in [-0.05, 0) is 56.2 Å². The Balaban J connectivity index is 1.92. The van der Waals surface area contributed by atoms with Gasteiger partial charge in [0.2, 0.25) is 0 Å². The van der Waals surface area contributed by atoms with Gasteiger partial charge in [0.1, 0.15) is 11.6 Å². The molecule has 0 aliphatic carbocycles. The average molecular weight is 371 g/mol. The van der Waals surface area contributed by atoms with Crippen molar-refractivity contribution in [1.82, 2.24) is 10.6 Å². The maximum Gasteiger partial charge on any atom is 0.191 e. The van der Waals surface area contributed by atoms with Gasteiger partial charge in [-0.1, -0.05) is 0 Å². The zero-order valence-corrected chi connectivity index (χ0v) is 15.7. The Kier molecular flexibility index (Phi) is 7.96. The molecule has 0 atom stereocenters. The van der Waals surface area contributed by atoms with Gasteiger partial charge in [-0.3, -0.25) is 4.99 Å². The molecular weight excluding hydrogens is 344 g/mol. The van der Waals surface area contributed by atoms with Crippen molar-refractivity contribution < 1.29 is 13.5 Å². The van der Waals surface area contributed by atoms with Gasteiger partial charge in [-0.25, -0.2) is 8.78 Å².